The van der Waals surface area contributed by atoms with E-state index in [0.29, 0.717) is 49.8 Å². The van der Waals surface area contributed by atoms with E-state index < -0.39 is 0 Å². The first kappa shape index (κ1) is 18.6. The van der Waals surface area contributed by atoms with Gasteiger partial charge in [0.2, 0.25) is 11.7 Å². The third kappa shape index (κ3) is 5.37. The SMILES string of the molecule is CCOc1c(OC)cc(CNC(=O)CCCn2cncn2)cc1OC. The minimum absolute atomic E-state index is 0.0214. The molecule has 0 aliphatic rings. The molecule has 136 valence electrons. The van der Waals surface area contributed by atoms with E-state index in [4.69, 9.17) is 14.2 Å². The van der Waals surface area contributed by atoms with Crippen LogP contribution in [-0.4, -0.2) is 41.5 Å². The number of nitrogens with one attached hydrogen (secondary N) is 1. The summed E-state index contributed by atoms with van der Waals surface area (Å²) in [5, 5.41) is 6.90. The summed E-state index contributed by atoms with van der Waals surface area (Å²) in [5.74, 6) is 1.70. The van der Waals surface area contributed by atoms with Crippen molar-refractivity contribution in [2.24, 2.45) is 0 Å². The van der Waals surface area contributed by atoms with Gasteiger partial charge in [0.05, 0.1) is 20.8 Å². The molecule has 0 aliphatic carbocycles. The Labute approximate surface area is 147 Å². The first-order valence-corrected chi connectivity index (χ1v) is 8.14. The minimum atomic E-state index is -0.0214. The van der Waals surface area contributed by atoms with E-state index >= 15 is 0 Å². The molecule has 0 fully saturated rings. The number of carbonyl (C=O) groups excluding carboxylic acids is 1. The predicted octanol–water partition coefficient (Wildman–Crippen LogP) is 1.79. The first-order valence-electron chi connectivity index (χ1n) is 8.14. The van der Waals surface area contributed by atoms with Crippen molar-refractivity contribution in [1.82, 2.24) is 20.1 Å². The van der Waals surface area contributed by atoms with Crippen LogP contribution in [0.2, 0.25) is 0 Å². The summed E-state index contributed by atoms with van der Waals surface area (Å²) in [7, 11) is 3.15. The van der Waals surface area contributed by atoms with Gasteiger partial charge in [-0.25, -0.2) is 4.98 Å². The normalized spacial score (nSPS) is 10.4. The number of nitrogens with zero attached hydrogens (tertiary/aromatic N) is 3. The lowest BCUT2D eigenvalue weighted by atomic mass is 10.1. The van der Waals surface area contributed by atoms with Crippen molar-refractivity contribution in [1.29, 1.82) is 0 Å². The molecule has 8 nitrogen and oxygen atoms in total. The molecule has 2 aromatic rings. The van der Waals surface area contributed by atoms with Crippen LogP contribution >= 0.6 is 0 Å². The highest BCUT2D eigenvalue weighted by atomic mass is 16.5. The van der Waals surface area contributed by atoms with Crippen LogP contribution in [0.3, 0.4) is 0 Å². The zero-order chi connectivity index (χ0) is 18.1. The fourth-order valence-corrected chi connectivity index (χ4v) is 2.36. The first-order chi connectivity index (χ1) is 12.2. The fraction of sp³-hybridized carbons (Fsp3) is 0.471. The molecule has 0 spiro atoms. The molecule has 0 bridgehead atoms. The van der Waals surface area contributed by atoms with Gasteiger partial charge in [-0.3, -0.25) is 9.48 Å². The van der Waals surface area contributed by atoms with Crippen LogP contribution in [0.15, 0.2) is 24.8 Å². The van der Waals surface area contributed by atoms with Crippen LogP contribution in [0, 0.1) is 0 Å². The number of methoxy groups -OCH3 is 2. The maximum absolute atomic E-state index is 12.0. The Balaban J connectivity index is 1.89. The second-order valence-electron chi connectivity index (χ2n) is 5.30. The van der Waals surface area contributed by atoms with E-state index in [1.54, 1.807) is 25.2 Å². The van der Waals surface area contributed by atoms with E-state index in [1.165, 1.54) is 6.33 Å². The molecule has 0 aliphatic heterocycles. The number of aromatic nitrogens is 3. The number of rotatable bonds is 10. The number of hydrogen-bond acceptors (Lipinski definition) is 6. The lowest BCUT2D eigenvalue weighted by Gasteiger charge is -2.15. The van der Waals surface area contributed by atoms with Crippen molar-refractivity contribution >= 4 is 5.91 Å². The monoisotopic (exact) mass is 348 g/mol. The van der Waals surface area contributed by atoms with Gasteiger partial charge in [-0.05, 0) is 31.0 Å². The van der Waals surface area contributed by atoms with Gasteiger partial charge >= 0.3 is 0 Å². The average Bonchev–Trinajstić information content (AvgIpc) is 3.14. The molecule has 25 heavy (non-hydrogen) atoms. The fourth-order valence-electron chi connectivity index (χ4n) is 2.36. The molecule has 1 amide bonds. The lowest BCUT2D eigenvalue weighted by molar-refractivity contribution is -0.121. The van der Waals surface area contributed by atoms with Gasteiger partial charge < -0.3 is 19.5 Å². The third-order valence-electron chi connectivity index (χ3n) is 3.56. The maximum atomic E-state index is 12.0. The van der Waals surface area contributed by atoms with E-state index in [1.807, 2.05) is 19.1 Å². The molecular formula is C17H24N4O4. The van der Waals surface area contributed by atoms with Gasteiger partial charge in [0.25, 0.3) is 0 Å². The van der Waals surface area contributed by atoms with E-state index in [2.05, 4.69) is 15.4 Å². The molecule has 1 heterocycles. The summed E-state index contributed by atoms with van der Waals surface area (Å²) in [6.07, 6.45) is 4.24. The Kier molecular flexibility index (Phi) is 7.06. The van der Waals surface area contributed by atoms with Crippen LogP contribution in [0.5, 0.6) is 17.2 Å². The minimum Gasteiger partial charge on any atom is -0.493 e. The Hall–Kier alpha value is -2.77. The Bertz CT molecular complexity index is 648. The van der Waals surface area contributed by atoms with Gasteiger partial charge in [-0.2, -0.15) is 5.10 Å². The van der Waals surface area contributed by atoms with Crippen LogP contribution in [0.25, 0.3) is 0 Å². The number of carbonyl (C=O) groups is 1. The smallest absolute Gasteiger partial charge is 0.220 e. The van der Waals surface area contributed by atoms with Gasteiger partial charge in [0, 0.05) is 19.5 Å². The van der Waals surface area contributed by atoms with Crippen molar-refractivity contribution in [3.05, 3.63) is 30.4 Å². The van der Waals surface area contributed by atoms with Crippen molar-refractivity contribution in [2.45, 2.75) is 32.9 Å². The van der Waals surface area contributed by atoms with Gasteiger partial charge in [0.1, 0.15) is 12.7 Å². The van der Waals surface area contributed by atoms with Crippen molar-refractivity contribution in [3.63, 3.8) is 0 Å². The molecule has 2 rings (SSSR count). The summed E-state index contributed by atoms with van der Waals surface area (Å²) in [6, 6.07) is 3.67. The zero-order valence-electron chi connectivity index (χ0n) is 14.8. The molecule has 8 heteroatoms. The number of hydrogen-bond donors (Lipinski definition) is 1. The zero-order valence-corrected chi connectivity index (χ0v) is 14.8. The molecule has 1 aromatic carbocycles. The van der Waals surface area contributed by atoms with Crippen LogP contribution in [0.4, 0.5) is 0 Å². The summed E-state index contributed by atoms with van der Waals surface area (Å²) < 4.78 is 18.0. The number of benzene rings is 1. The molecule has 1 aromatic heterocycles. The Morgan fingerprint density at radius 1 is 1.24 bits per heavy atom. The van der Waals surface area contributed by atoms with Gasteiger partial charge in [0.15, 0.2) is 11.5 Å². The van der Waals surface area contributed by atoms with Crippen LogP contribution in [0.1, 0.15) is 25.3 Å². The molecule has 0 saturated carbocycles. The van der Waals surface area contributed by atoms with Crippen molar-refractivity contribution in [2.75, 3.05) is 20.8 Å². The third-order valence-corrected chi connectivity index (χ3v) is 3.56. The Morgan fingerprint density at radius 2 is 1.96 bits per heavy atom. The molecule has 0 saturated heterocycles. The summed E-state index contributed by atoms with van der Waals surface area (Å²) in [6.45, 7) is 3.46. The quantitative estimate of drug-likeness (QED) is 0.704. The van der Waals surface area contributed by atoms with Crippen molar-refractivity contribution in [3.8, 4) is 17.2 Å². The molecule has 0 radical (unpaired) electrons. The number of ether oxygens (including phenoxy) is 3. The van der Waals surface area contributed by atoms with E-state index in [0.717, 1.165) is 5.56 Å². The van der Waals surface area contributed by atoms with Gasteiger partial charge in [-0.15, -0.1) is 0 Å². The second kappa shape index (κ2) is 9.51. The topological polar surface area (TPSA) is 87.5 Å². The average molecular weight is 348 g/mol. The van der Waals surface area contributed by atoms with Crippen LogP contribution < -0.4 is 19.5 Å². The lowest BCUT2D eigenvalue weighted by Crippen LogP contribution is -2.23. The standard InChI is InChI=1S/C17H24N4O4/c1-4-25-17-14(23-2)8-13(9-15(17)24-3)10-19-16(22)6-5-7-21-12-18-11-20-21/h8-9,11-12H,4-7,10H2,1-3H3,(H,19,22). The van der Waals surface area contributed by atoms with E-state index in [-0.39, 0.29) is 5.91 Å². The highest BCUT2D eigenvalue weighted by Gasteiger charge is 2.14. The highest BCUT2D eigenvalue weighted by Crippen LogP contribution is 2.38. The highest BCUT2D eigenvalue weighted by molar-refractivity contribution is 5.75. The number of amides is 1. The predicted molar refractivity (Wildman–Crippen MR) is 91.8 cm³/mol. The van der Waals surface area contributed by atoms with E-state index in [9.17, 15) is 4.79 Å². The molecular weight excluding hydrogens is 324 g/mol. The maximum Gasteiger partial charge on any atom is 0.220 e. The molecule has 0 unspecified atom stereocenters. The molecule has 1 N–H and O–H groups in total. The Morgan fingerprint density at radius 3 is 2.52 bits per heavy atom. The summed E-state index contributed by atoms with van der Waals surface area (Å²) in [4.78, 5) is 15.8. The largest absolute Gasteiger partial charge is 0.493 e. The number of aryl methyl sites for hydroxylation is 1. The second-order valence-corrected chi connectivity index (χ2v) is 5.30. The summed E-state index contributed by atoms with van der Waals surface area (Å²) >= 11 is 0. The summed E-state index contributed by atoms with van der Waals surface area (Å²) in [5.41, 5.74) is 0.877. The van der Waals surface area contributed by atoms with Gasteiger partial charge in [-0.1, -0.05) is 0 Å². The van der Waals surface area contributed by atoms with Crippen molar-refractivity contribution < 1.29 is 19.0 Å². The van der Waals surface area contributed by atoms with Crippen LogP contribution in [-0.2, 0) is 17.9 Å². The molecule has 0 atom stereocenters.